The van der Waals surface area contributed by atoms with Gasteiger partial charge in [0.05, 0.1) is 0 Å². The maximum Gasteiger partial charge on any atom is 0.0406 e. The van der Waals surface area contributed by atoms with Crippen LogP contribution in [0.15, 0.2) is 24.3 Å². The van der Waals surface area contributed by atoms with E-state index in [2.05, 4.69) is 17.4 Å². The Morgan fingerprint density at radius 3 is 2.58 bits per heavy atom. The van der Waals surface area contributed by atoms with Gasteiger partial charge in [-0.3, -0.25) is 0 Å². The Bertz CT molecular complexity index is 223. The van der Waals surface area contributed by atoms with E-state index in [1.807, 2.05) is 19.2 Å². The minimum atomic E-state index is 0. The van der Waals surface area contributed by atoms with Gasteiger partial charge >= 0.3 is 0 Å². The van der Waals surface area contributed by atoms with Crippen LogP contribution in [0, 0.1) is 0 Å². The van der Waals surface area contributed by atoms with Crippen molar-refractivity contribution in [1.82, 2.24) is 5.32 Å². The Morgan fingerprint density at radius 2 is 2.00 bits per heavy atom. The fourth-order valence-corrected chi connectivity index (χ4v) is 1.25. The first-order valence-corrected chi connectivity index (χ1v) is 4.60. The molecule has 0 saturated carbocycles. The van der Waals surface area contributed by atoms with Crippen molar-refractivity contribution in [2.24, 2.45) is 0 Å². The van der Waals surface area contributed by atoms with Crippen LogP contribution >= 0.6 is 11.6 Å². The SMILES string of the molecule is CNCCCc1ccc(Cl)cc1.[HH]. The predicted octanol–water partition coefficient (Wildman–Crippen LogP) is 2.74. The molecule has 0 amide bonds. The van der Waals surface area contributed by atoms with Gasteiger partial charge in [-0.05, 0) is 44.1 Å². The summed E-state index contributed by atoms with van der Waals surface area (Å²) in [6, 6.07) is 8.04. The van der Waals surface area contributed by atoms with Crippen molar-refractivity contribution in [3.63, 3.8) is 0 Å². The lowest BCUT2D eigenvalue weighted by Crippen LogP contribution is -2.08. The van der Waals surface area contributed by atoms with Crippen molar-refractivity contribution in [1.29, 1.82) is 0 Å². The van der Waals surface area contributed by atoms with Crippen molar-refractivity contribution >= 4 is 11.6 Å². The summed E-state index contributed by atoms with van der Waals surface area (Å²) in [6.07, 6.45) is 2.30. The van der Waals surface area contributed by atoms with Crippen molar-refractivity contribution in [2.45, 2.75) is 12.8 Å². The van der Waals surface area contributed by atoms with E-state index in [9.17, 15) is 0 Å². The molecule has 0 atom stereocenters. The van der Waals surface area contributed by atoms with Gasteiger partial charge < -0.3 is 5.32 Å². The van der Waals surface area contributed by atoms with Gasteiger partial charge in [-0.15, -0.1) is 0 Å². The van der Waals surface area contributed by atoms with E-state index >= 15 is 0 Å². The molecule has 0 bridgehead atoms. The van der Waals surface area contributed by atoms with Gasteiger partial charge in [0, 0.05) is 6.45 Å². The molecule has 12 heavy (non-hydrogen) atoms. The normalized spacial score (nSPS) is 10.2. The van der Waals surface area contributed by atoms with Crippen molar-refractivity contribution < 1.29 is 1.43 Å². The third kappa shape index (κ3) is 3.24. The van der Waals surface area contributed by atoms with Gasteiger partial charge in [0.2, 0.25) is 0 Å². The van der Waals surface area contributed by atoms with Crippen LogP contribution in [0.25, 0.3) is 0 Å². The second-order valence-electron chi connectivity index (χ2n) is 2.83. The number of hydrogen-bond donors (Lipinski definition) is 1. The summed E-state index contributed by atoms with van der Waals surface area (Å²) in [6.45, 7) is 1.07. The molecule has 0 aromatic heterocycles. The fourth-order valence-electron chi connectivity index (χ4n) is 1.12. The zero-order chi connectivity index (χ0) is 8.81. The zero-order valence-electron chi connectivity index (χ0n) is 7.31. The molecule has 0 spiro atoms. The summed E-state index contributed by atoms with van der Waals surface area (Å²) < 4.78 is 0. The first-order chi connectivity index (χ1) is 5.83. The van der Waals surface area contributed by atoms with Gasteiger partial charge in [0.15, 0.2) is 0 Å². The average Bonchev–Trinajstić information content (AvgIpc) is 2.09. The molecule has 0 aliphatic rings. The molecule has 68 valence electrons. The van der Waals surface area contributed by atoms with E-state index in [0.29, 0.717) is 0 Å². The lowest BCUT2D eigenvalue weighted by atomic mass is 10.1. The number of hydrogen-bond acceptors (Lipinski definition) is 1. The Morgan fingerprint density at radius 1 is 1.33 bits per heavy atom. The summed E-state index contributed by atoms with van der Waals surface area (Å²) in [5.74, 6) is 0. The highest BCUT2D eigenvalue weighted by atomic mass is 35.5. The maximum absolute atomic E-state index is 5.76. The van der Waals surface area contributed by atoms with Crippen molar-refractivity contribution in [3.05, 3.63) is 34.9 Å². The van der Waals surface area contributed by atoms with Gasteiger partial charge in [-0.25, -0.2) is 0 Å². The predicted molar refractivity (Wildman–Crippen MR) is 55.8 cm³/mol. The highest BCUT2D eigenvalue weighted by Gasteiger charge is 1.91. The Labute approximate surface area is 80.2 Å². The zero-order valence-corrected chi connectivity index (χ0v) is 8.06. The molecule has 1 aromatic rings. The number of rotatable bonds is 4. The molecule has 0 aliphatic carbocycles. The lowest BCUT2D eigenvalue weighted by molar-refractivity contribution is 0.725. The van der Waals surface area contributed by atoms with Crippen LogP contribution in [0.1, 0.15) is 13.4 Å². The molecular weight excluding hydrogens is 170 g/mol. The Kier molecular flexibility index (Phi) is 4.12. The molecule has 2 heteroatoms. The highest BCUT2D eigenvalue weighted by molar-refractivity contribution is 6.30. The summed E-state index contributed by atoms with van der Waals surface area (Å²) in [5.41, 5.74) is 1.36. The molecule has 1 rings (SSSR count). The minimum Gasteiger partial charge on any atom is -0.320 e. The van der Waals surface area contributed by atoms with Crippen LogP contribution in [0.4, 0.5) is 0 Å². The third-order valence-corrected chi connectivity index (χ3v) is 2.06. The van der Waals surface area contributed by atoms with Crippen molar-refractivity contribution in [2.75, 3.05) is 13.6 Å². The Hall–Kier alpha value is -0.530. The maximum atomic E-state index is 5.76. The van der Waals surface area contributed by atoms with E-state index < -0.39 is 0 Å². The molecule has 1 aromatic carbocycles. The smallest absolute Gasteiger partial charge is 0.0406 e. The monoisotopic (exact) mass is 185 g/mol. The van der Waals surface area contributed by atoms with E-state index in [4.69, 9.17) is 11.6 Å². The number of benzene rings is 1. The van der Waals surface area contributed by atoms with Crippen LogP contribution in [-0.4, -0.2) is 13.6 Å². The first-order valence-electron chi connectivity index (χ1n) is 4.22. The molecule has 0 saturated heterocycles. The molecule has 0 fully saturated rings. The lowest BCUT2D eigenvalue weighted by Gasteiger charge is -2.00. The second-order valence-corrected chi connectivity index (χ2v) is 3.27. The summed E-state index contributed by atoms with van der Waals surface area (Å²) in [4.78, 5) is 0. The number of halogens is 1. The molecule has 0 unspecified atom stereocenters. The number of aryl methyl sites for hydroxylation is 1. The number of nitrogens with one attached hydrogen (secondary N) is 1. The van der Waals surface area contributed by atoms with E-state index in [1.165, 1.54) is 12.0 Å². The summed E-state index contributed by atoms with van der Waals surface area (Å²) in [7, 11) is 1.97. The third-order valence-electron chi connectivity index (χ3n) is 1.81. The average molecular weight is 186 g/mol. The van der Waals surface area contributed by atoms with E-state index in [1.54, 1.807) is 0 Å². The van der Waals surface area contributed by atoms with Gasteiger partial charge in [-0.1, -0.05) is 23.7 Å². The first kappa shape index (κ1) is 9.56. The van der Waals surface area contributed by atoms with Crippen molar-refractivity contribution in [3.8, 4) is 0 Å². The van der Waals surface area contributed by atoms with E-state index in [-0.39, 0.29) is 1.43 Å². The largest absolute Gasteiger partial charge is 0.320 e. The van der Waals surface area contributed by atoms with Gasteiger partial charge in [0.1, 0.15) is 0 Å². The molecule has 1 nitrogen and oxygen atoms in total. The van der Waals surface area contributed by atoms with Crippen LogP contribution in [-0.2, 0) is 6.42 Å². The van der Waals surface area contributed by atoms with Crippen LogP contribution in [0.2, 0.25) is 5.02 Å². The minimum absolute atomic E-state index is 0. The Balaban J connectivity index is 0.00000144. The van der Waals surface area contributed by atoms with Crippen LogP contribution in [0.3, 0.4) is 0 Å². The summed E-state index contributed by atoms with van der Waals surface area (Å²) >= 11 is 5.76. The topological polar surface area (TPSA) is 12.0 Å². The van der Waals surface area contributed by atoms with E-state index in [0.717, 1.165) is 18.0 Å². The standard InChI is InChI=1S/C10H14ClN.H2/c1-12-8-2-3-9-4-6-10(11)7-5-9;/h4-7,12H,2-3,8H2,1H3;1H. The fraction of sp³-hybridized carbons (Fsp3) is 0.400. The molecule has 0 radical (unpaired) electrons. The van der Waals surface area contributed by atoms with Gasteiger partial charge in [-0.2, -0.15) is 0 Å². The van der Waals surface area contributed by atoms with Gasteiger partial charge in [0.25, 0.3) is 0 Å². The molecule has 1 N–H and O–H groups in total. The molecular formula is C10H16ClN. The highest BCUT2D eigenvalue weighted by Crippen LogP contribution is 2.10. The quantitative estimate of drug-likeness (QED) is 0.712. The van der Waals surface area contributed by atoms with Crippen LogP contribution < -0.4 is 5.32 Å². The summed E-state index contributed by atoms with van der Waals surface area (Å²) in [5, 5.41) is 3.94. The van der Waals surface area contributed by atoms with Crippen LogP contribution in [0.5, 0.6) is 0 Å². The second kappa shape index (κ2) is 5.18. The molecule has 0 heterocycles. The molecule has 0 aliphatic heterocycles.